The minimum absolute atomic E-state index is 0.0594. The molecule has 2 aromatic carbocycles. The lowest BCUT2D eigenvalue weighted by Gasteiger charge is -2.29. The van der Waals surface area contributed by atoms with Crippen LogP contribution >= 0.6 is 11.8 Å². The molecule has 2 fully saturated rings. The van der Waals surface area contributed by atoms with E-state index in [1.807, 2.05) is 6.92 Å². The fourth-order valence-corrected chi connectivity index (χ4v) is 5.78. The van der Waals surface area contributed by atoms with Crippen molar-refractivity contribution in [1.29, 1.82) is 0 Å². The van der Waals surface area contributed by atoms with E-state index in [0.717, 1.165) is 5.92 Å². The van der Waals surface area contributed by atoms with Crippen LogP contribution in [0.4, 0.5) is 20.2 Å². The van der Waals surface area contributed by atoms with Crippen molar-refractivity contribution in [1.82, 2.24) is 5.32 Å². The highest BCUT2D eigenvalue weighted by atomic mass is 32.2. The summed E-state index contributed by atoms with van der Waals surface area (Å²) in [4.78, 5) is 26.0. The summed E-state index contributed by atoms with van der Waals surface area (Å²) in [5.41, 5.74) is 1.43. The zero-order chi connectivity index (χ0) is 24.2. The van der Waals surface area contributed by atoms with Crippen LogP contribution in [-0.4, -0.2) is 29.8 Å². The van der Waals surface area contributed by atoms with Crippen LogP contribution < -0.4 is 10.6 Å². The number of ether oxygens (including phenoxy) is 1. The van der Waals surface area contributed by atoms with Gasteiger partial charge in [0.2, 0.25) is 0 Å². The Hall–Kier alpha value is -2.61. The van der Waals surface area contributed by atoms with E-state index in [1.165, 1.54) is 25.7 Å². The second-order valence-corrected chi connectivity index (χ2v) is 10.3. The third kappa shape index (κ3) is 5.90. The quantitative estimate of drug-likeness (QED) is 0.323. The number of para-hydroxylation sites is 1. The molecule has 4 rings (SSSR count). The van der Waals surface area contributed by atoms with Crippen molar-refractivity contribution in [3.05, 3.63) is 54.1 Å². The molecule has 0 unspecified atom stereocenters. The Morgan fingerprint density at radius 2 is 1.76 bits per heavy atom. The minimum atomic E-state index is -2.48. The number of alkyl halides is 2. The lowest BCUT2D eigenvalue weighted by atomic mass is 9.84. The summed E-state index contributed by atoms with van der Waals surface area (Å²) in [7, 11) is 0. The first kappa shape index (κ1) is 24.5. The summed E-state index contributed by atoms with van der Waals surface area (Å²) in [5.74, 6) is -1.39. The summed E-state index contributed by atoms with van der Waals surface area (Å²) in [5, 5.41) is 6.17. The maximum atomic E-state index is 12.9. The molecule has 2 aliphatic carbocycles. The molecule has 8 heteroatoms. The van der Waals surface area contributed by atoms with Gasteiger partial charge in [-0.1, -0.05) is 30.3 Å². The van der Waals surface area contributed by atoms with Gasteiger partial charge < -0.3 is 15.4 Å². The van der Waals surface area contributed by atoms with Gasteiger partial charge in [-0.05, 0) is 87.3 Å². The molecule has 2 N–H and O–H groups in total. The number of carbonyl (C=O) groups is 2. The summed E-state index contributed by atoms with van der Waals surface area (Å²) in [6, 6.07) is 13.4. The Labute approximate surface area is 203 Å². The highest BCUT2D eigenvalue weighted by molar-refractivity contribution is 7.99. The number of nitrogens with one attached hydrogen (secondary N) is 2. The highest BCUT2D eigenvalue weighted by Gasteiger charge is 2.42. The first-order chi connectivity index (χ1) is 16.3. The van der Waals surface area contributed by atoms with E-state index in [0.29, 0.717) is 39.9 Å². The highest BCUT2D eigenvalue weighted by Crippen LogP contribution is 2.49. The van der Waals surface area contributed by atoms with Crippen LogP contribution in [0.3, 0.4) is 0 Å². The van der Waals surface area contributed by atoms with E-state index in [9.17, 15) is 18.4 Å². The summed E-state index contributed by atoms with van der Waals surface area (Å²) < 4.78 is 30.5. The number of anilines is 2. The van der Waals surface area contributed by atoms with Crippen LogP contribution in [0.2, 0.25) is 0 Å². The van der Waals surface area contributed by atoms with Crippen molar-refractivity contribution in [3.63, 3.8) is 0 Å². The molecule has 0 saturated heterocycles. The van der Waals surface area contributed by atoms with Crippen LogP contribution in [0.1, 0.15) is 49.9 Å². The Morgan fingerprint density at radius 3 is 2.41 bits per heavy atom. The van der Waals surface area contributed by atoms with Crippen LogP contribution in [0, 0.1) is 17.8 Å². The molecule has 5 nitrogen and oxygen atoms in total. The maximum Gasteiger partial charge on any atom is 0.341 e. The molecular formula is C26H30F2N2O3S. The standard InChI is InChI=1S/C26H30F2N2O3S/c1-15(22-14-17-7-8-18(22)13-17)29-24(31)16(2)33-25(32)21-5-3-4-6-23(21)30-19-9-11-20(12-10-19)34-26(27)28/h3-6,9-12,15-18,22,26,30H,7-8,13-14H2,1-2H3,(H,29,31)/t15-,16-,17+,18-,22-/m0/s1. The third-order valence-corrected chi connectivity index (χ3v) is 7.69. The lowest BCUT2D eigenvalue weighted by Crippen LogP contribution is -2.45. The maximum absolute atomic E-state index is 12.9. The van der Waals surface area contributed by atoms with E-state index in [1.54, 1.807) is 55.5 Å². The van der Waals surface area contributed by atoms with Crippen LogP contribution in [0.15, 0.2) is 53.4 Å². The summed E-state index contributed by atoms with van der Waals surface area (Å²) in [6.45, 7) is 3.62. The van der Waals surface area contributed by atoms with Gasteiger partial charge in [-0.2, -0.15) is 8.78 Å². The van der Waals surface area contributed by atoms with Crippen LogP contribution in [0.5, 0.6) is 0 Å². The third-order valence-electron chi connectivity index (χ3n) is 6.96. The fourth-order valence-electron chi connectivity index (χ4n) is 5.28. The summed E-state index contributed by atoms with van der Waals surface area (Å²) >= 11 is 0.473. The second-order valence-electron chi connectivity index (χ2n) is 9.26. The number of thioether (sulfide) groups is 1. The first-order valence-electron chi connectivity index (χ1n) is 11.7. The van der Waals surface area contributed by atoms with Crippen molar-refractivity contribution in [2.75, 3.05) is 5.32 Å². The molecule has 0 radical (unpaired) electrons. The largest absolute Gasteiger partial charge is 0.449 e. The van der Waals surface area contributed by atoms with E-state index in [2.05, 4.69) is 10.6 Å². The van der Waals surface area contributed by atoms with Gasteiger partial charge in [0.1, 0.15) is 0 Å². The molecule has 2 aromatic rings. The molecular weight excluding hydrogens is 458 g/mol. The molecule has 0 heterocycles. The number of carbonyl (C=O) groups excluding carboxylic acids is 2. The first-order valence-corrected chi connectivity index (χ1v) is 12.6. The SMILES string of the molecule is C[C@H](OC(=O)c1ccccc1Nc1ccc(SC(F)F)cc1)C(=O)N[C@@H](C)[C@@H]1C[C@@H]2CC[C@H]1C2. The second kappa shape index (κ2) is 10.8. The van der Waals surface area contributed by atoms with Crippen LogP contribution in [-0.2, 0) is 9.53 Å². The number of rotatable bonds is 9. The van der Waals surface area contributed by atoms with Gasteiger partial charge in [-0.25, -0.2) is 4.79 Å². The van der Waals surface area contributed by atoms with E-state index >= 15 is 0 Å². The van der Waals surface area contributed by atoms with Crippen molar-refractivity contribution >= 4 is 35.0 Å². The van der Waals surface area contributed by atoms with Gasteiger partial charge in [0.15, 0.2) is 6.10 Å². The Morgan fingerprint density at radius 1 is 1.03 bits per heavy atom. The Bertz CT molecular complexity index is 1020. The van der Waals surface area contributed by atoms with Gasteiger partial charge in [0.25, 0.3) is 11.7 Å². The van der Waals surface area contributed by atoms with Crippen molar-refractivity contribution < 1.29 is 23.1 Å². The molecule has 5 atom stereocenters. The van der Waals surface area contributed by atoms with Gasteiger partial charge in [-0.15, -0.1) is 0 Å². The van der Waals surface area contributed by atoms with E-state index in [4.69, 9.17) is 4.74 Å². The zero-order valence-electron chi connectivity index (χ0n) is 19.3. The predicted octanol–water partition coefficient (Wildman–Crippen LogP) is 6.23. The van der Waals surface area contributed by atoms with E-state index < -0.39 is 17.8 Å². The molecule has 2 saturated carbocycles. The van der Waals surface area contributed by atoms with Crippen molar-refractivity contribution in [3.8, 4) is 0 Å². The topological polar surface area (TPSA) is 67.4 Å². The van der Waals surface area contributed by atoms with Crippen molar-refractivity contribution in [2.24, 2.45) is 17.8 Å². The minimum Gasteiger partial charge on any atom is -0.449 e. The molecule has 2 bridgehead atoms. The molecule has 0 spiro atoms. The fraction of sp³-hybridized carbons (Fsp3) is 0.462. The van der Waals surface area contributed by atoms with Crippen molar-refractivity contribution in [2.45, 2.75) is 62.3 Å². The van der Waals surface area contributed by atoms with Gasteiger partial charge in [-0.3, -0.25) is 4.79 Å². The monoisotopic (exact) mass is 488 g/mol. The van der Waals surface area contributed by atoms with Crippen LogP contribution in [0.25, 0.3) is 0 Å². The van der Waals surface area contributed by atoms with E-state index in [-0.39, 0.29) is 17.5 Å². The smallest absolute Gasteiger partial charge is 0.341 e. The molecule has 182 valence electrons. The molecule has 1 amide bonds. The lowest BCUT2D eigenvalue weighted by molar-refractivity contribution is -0.130. The molecule has 0 aliphatic heterocycles. The number of esters is 1. The molecule has 2 aliphatic rings. The number of fused-ring (bicyclic) bond motifs is 2. The molecule has 34 heavy (non-hydrogen) atoms. The van der Waals surface area contributed by atoms with Gasteiger partial charge in [0.05, 0.1) is 11.3 Å². The Balaban J connectivity index is 1.35. The number of amides is 1. The average molecular weight is 489 g/mol. The number of benzene rings is 2. The number of hydrogen-bond donors (Lipinski definition) is 2. The predicted molar refractivity (Wildman–Crippen MR) is 129 cm³/mol. The number of halogens is 2. The average Bonchev–Trinajstić information content (AvgIpc) is 3.44. The van der Waals surface area contributed by atoms with Gasteiger partial charge in [0, 0.05) is 16.6 Å². The number of hydrogen-bond acceptors (Lipinski definition) is 5. The normalized spacial score (nSPS) is 22.9. The molecule has 0 aromatic heterocycles. The summed E-state index contributed by atoms with van der Waals surface area (Å²) in [6.07, 6.45) is 4.07. The Kier molecular flexibility index (Phi) is 7.76. The zero-order valence-corrected chi connectivity index (χ0v) is 20.1. The van der Waals surface area contributed by atoms with Gasteiger partial charge >= 0.3 is 5.97 Å².